The molecule has 0 saturated carbocycles. The summed E-state index contributed by atoms with van der Waals surface area (Å²) in [4.78, 5) is 7.54. The van der Waals surface area contributed by atoms with Crippen molar-refractivity contribution in [3.63, 3.8) is 0 Å². The molecule has 0 amide bonds. The molecule has 43 heavy (non-hydrogen) atoms. The molecule has 0 aromatic heterocycles. The van der Waals surface area contributed by atoms with Gasteiger partial charge in [-0.25, -0.2) is 0 Å². The molecule has 0 unspecified atom stereocenters. The third kappa shape index (κ3) is 2.83. The molecular formula is C38H27B2N3. The third-order valence-corrected chi connectivity index (χ3v) is 10.2. The number of para-hydroxylation sites is 5. The van der Waals surface area contributed by atoms with E-state index >= 15 is 0 Å². The van der Waals surface area contributed by atoms with Gasteiger partial charge in [0.25, 0.3) is 13.4 Å². The van der Waals surface area contributed by atoms with Crippen LogP contribution in [0.15, 0.2) is 127 Å². The minimum absolute atomic E-state index is 0.146. The first kappa shape index (κ1) is 23.4. The fourth-order valence-electron chi connectivity index (χ4n) is 8.45. The van der Waals surface area contributed by atoms with Crippen molar-refractivity contribution in [3.8, 4) is 0 Å². The van der Waals surface area contributed by atoms with E-state index in [0.717, 1.165) is 0 Å². The molecule has 0 saturated heterocycles. The molecule has 0 aliphatic carbocycles. The number of hydrogen-bond acceptors (Lipinski definition) is 3. The lowest BCUT2D eigenvalue weighted by atomic mass is 9.29. The van der Waals surface area contributed by atoms with Crippen LogP contribution < -0.4 is 47.5 Å². The first-order chi connectivity index (χ1) is 21.2. The van der Waals surface area contributed by atoms with E-state index in [0.29, 0.717) is 0 Å². The van der Waals surface area contributed by atoms with Crippen LogP contribution in [0.4, 0.5) is 45.5 Å². The first-order valence-electron chi connectivity index (χ1n) is 15.2. The first-order valence-corrected chi connectivity index (χ1v) is 15.2. The maximum Gasteiger partial charge on any atom is 0.252 e. The van der Waals surface area contributed by atoms with Crippen LogP contribution in [0.25, 0.3) is 0 Å². The molecule has 3 nitrogen and oxygen atoms in total. The minimum atomic E-state index is 0.146. The summed E-state index contributed by atoms with van der Waals surface area (Å²) in [6, 6.07) is 47.5. The molecule has 0 N–H and O–H groups in total. The number of benzene rings is 6. The predicted molar refractivity (Wildman–Crippen MR) is 184 cm³/mol. The highest BCUT2D eigenvalue weighted by Crippen LogP contribution is 2.48. The van der Waals surface area contributed by atoms with E-state index in [1.807, 2.05) is 0 Å². The largest absolute Gasteiger partial charge is 0.345 e. The molecule has 200 valence electrons. The normalized spacial score (nSPS) is 14.5. The summed E-state index contributed by atoms with van der Waals surface area (Å²) in [5.74, 6) is 0. The summed E-state index contributed by atoms with van der Waals surface area (Å²) in [7, 11) is 2.24. The van der Waals surface area contributed by atoms with Gasteiger partial charge in [0.05, 0.1) is 0 Å². The lowest BCUT2D eigenvalue weighted by Gasteiger charge is -2.50. The van der Waals surface area contributed by atoms with Crippen LogP contribution in [-0.2, 0) is 0 Å². The molecule has 6 aromatic carbocycles. The standard InChI is InChI=1S/C38H27B2N3/c1-24-13-3-8-18-29(24)42-31-20-10-5-15-26(31)40-28-17-7-12-22-33(28)43-32-21-11-6-16-27(32)39-25-14-4-9-19-30(25)41(2)34-23-35(42)37(40)38(43)36(34)39/h3-23H,1-2H3. The molecule has 10 rings (SSSR count). The van der Waals surface area contributed by atoms with Crippen molar-refractivity contribution < 1.29 is 0 Å². The van der Waals surface area contributed by atoms with Crippen LogP contribution in [0.3, 0.4) is 0 Å². The summed E-state index contributed by atoms with van der Waals surface area (Å²) in [6.45, 7) is 2.55. The van der Waals surface area contributed by atoms with Gasteiger partial charge in [0.15, 0.2) is 0 Å². The number of rotatable bonds is 1. The zero-order valence-corrected chi connectivity index (χ0v) is 24.1. The zero-order chi connectivity index (χ0) is 28.4. The molecule has 4 aliphatic heterocycles. The molecule has 0 spiro atoms. The fraction of sp³-hybridized carbons (Fsp3) is 0.0526. The molecule has 0 fully saturated rings. The van der Waals surface area contributed by atoms with Gasteiger partial charge in [-0.1, -0.05) is 91.0 Å². The highest BCUT2D eigenvalue weighted by molar-refractivity contribution is 7.04. The average Bonchev–Trinajstić information content (AvgIpc) is 3.06. The summed E-state index contributed by atoms with van der Waals surface area (Å²) < 4.78 is 0. The quantitative estimate of drug-likeness (QED) is 0.269. The summed E-state index contributed by atoms with van der Waals surface area (Å²) in [6.07, 6.45) is 0. The van der Waals surface area contributed by atoms with Crippen molar-refractivity contribution in [1.29, 1.82) is 0 Å². The maximum absolute atomic E-state index is 2.58. The summed E-state index contributed by atoms with van der Waals surface area (Å²) in [5, 5.41) is 0. The predicted octanol–water partition coefficient (Wildman–Crippen LogP) is 4.99. The van der Waals surface area contributed by atoms with Gasteiger partial charge in [-0.2, -0.15) is 0 Å². The monoisotopic (exact) mass is 547 g/mol. The summed E-state index contributed by atoms with van der Waals surface area (Å²) in [5.41, 5.74) is 19.8. The Morgan fingerprint density at radius 1 is 0.419 bits per heavy atom. The summed E-state index contributed by atoms with van der Waals surface area (Å²) >= 11 is 0. The Labute approximate surface area is 252 Å². The van der Waals surface area contributed by atoms with Crippen molar-refractivity contribution in [2.75, 3.05) is 21.7 Å². The Morgan fingerprint density at radius 2 is 0.837 bits per heavy atom. The van der Waals surface area contributed by atoms with E-state index in [9.17, 15) is 0 Å². The number of hydrogen-bond donors (Lipinski definition) is 0. The second kappa shape index (κ2) is 8.23. The Morgan fingerprint density at radius 3 is 1.40 bits per heavy atom. The molecule has 0 bridgehead atoms. The SMILES string of the molecule is Cc1ccccc1N1c2ccccc2B2c3ccccc3N3c4ccccc4B4c5ccccc5N(C)c5cc1c2c3c54. The van der Waals surface area contributed by atoms with E-state index in [1.54, 1.807) is 0 Å². The van der Waals surface area contributed by atoms with Gasteiger partial charge < -0.3 is 14.7 Å². The third-order valence-electron chi connectivity index (χ3n) is 10.2. The van der Waals surface area contributed by atoms with Crippen LogP contribution in [0.5, 0.6) is 0 Å². The van der Waals surface area contributed by atoms with Gasteiger partial charge in [-0.3, -0.25) is 0 Å². The molecule has 0 radical (unpaired) electrons. The van der Waals surface area contributed by atoms with Crippen LogP contribution in [0.2, 0.25) is 0 Å². The van der Waals surface area contributed by atoms with E-state index in [1.165, 1.54) is 83.8 Å². The Hall–Kier alpha value is -5.15. The van der Waals surface area contributed by atoms with Gasteiger partial charge in [-0.15, -0.1) is 0 Å². The molecule has 0 atom stereocenters. The van der Waals surface area contributed by atoms with Crippen molar-refractivity contribution >= 4 is 91.7 Å². The highest BCUT2D eigenvalue weighted by Gasteiger charge is 2.50. The second-order valence-corrected chi connectivity index (χ2v) is 12.2. The Kier molecular flexibility index (Phi) is 4.48. The number of nitrogens with zero attached hydrogens (tertiary/aromatic N) is 3. The average molecular weight is 547 g/mol. The lowest BCUT2D eigenvalue weighted by Crippen LogP contribution is -2.68. The van der Waals surface area contributed by atoms with Gasteiger partial charge in [0.1, 0.15) is 0 Å². The van der Waals surface area contributed by atoms with Crippen molar-refractivity contribution in [1.82, 2.24) is 0 Å². The number of fused-ring (bicyclic) bond motifs is 10. The highest BCUT2D eigenvalue weighted by atomic mass is 15.2. The Bertz CT molecular complexity index is 2160. The smallest absolute Gasteiger partial charge is 0.252 e. The number of aryl methyl sites for hydroxylation is 1. The molecule has 6 aromatic rings. The van der Waals surface area contributed by atoms with Gasteiger partial charge in [0.2, 0.25) is 0 Å². The van der Waals surface area contributed by atoms with Crippen molar-refractivity contribution in [2.24, 2.45) is 0 Å². The van der Waals surface area contributed by atoms with Crippen LogP contribution in [0.1, 0.15) is 5.56 Å². The minimum Gasteiger partial charge on any atom is -0.345 e. The second-order valence-electron chi connectivity index (χ2n) is 12.2. The van der Waals surface area contributed by atoms with E-state index in [2.05, 4.69) is 156 Å². The fourth-order valence-corrected chi connectivity index (χ4v) is 8.45. The van der Waals surface area contributed by atoms with Crippen molar-refractivity contribution in [2.45, 2.75) is 6.92 Å². The van der Waals surface area contributed by atoms with Crippen LogP contribution >= 0.6 is 0 Å². The number of anilines is 8. The van der Waals surface area contributed by atoms with Crippen LogP contribution in [-0.4, -0.2) is 20.5 Å². The van der Waals surface area contributed by atoms with E-state index in [4.69, 9.17) is 0 Å². The lowest BCUT2D eigenvalue weighted by molar-refractivity contribution is 1.19. The molecular weight excluding hydrogens is 520 g/mol. The zero-order valence-electron chi connectivity index (χ0n) is 24.1. The van der Waals surface area contributed by atoms with Crippen LogP contribution in [0, 0.1) is 6.92 Å². The van der Waals surface area contributed by atoms with Gasteiger partial charge in [-0.05, 0) is 81.7 Å². The maximum atomic E-state index is 2.58. The van der Waals surface area contributed by atoms with Gasteiger partial charge >= 0.3 is 0 Å². The Balaban J connectivity index is 1.41. The van der Waals surface area contributed by atoms with Crippen molar-refractivity contribution in [3.05, 3.63) is 133 Å². The van der Waals surface area contributed by atoms with E-state index < -0.39 is 0 Å². The molecule has 5 heteroatoms. The molecule has 4 heterocycles. The molecule has 4 aliphatic rings. The topological polar surface area (TPSA) is 9.72 Å². The van der Waals surface area contributed by atoms with Gasteiger partial charge in [0, 0.05) is 52.5 Å². The van der Waals surface area contributed by atoms with E-state index in [-0.39, 0.29) is 13.4 Å².